The summed E-state index contributed by atoms with van der Waals surface area (Å²) in [5, 5.41) is 3.23. The molecule has 0 aromatic heterocycles. The fourth-order valence-electron chi connectivity index (χ4n) is 1.97. The number of hydrogen-bond donors (Lipinski definition) is 1. The van der Waals surface area contributed by atoms with Crippen LogP contribution in [0.1, 0.15) is 46.1 Å². The lowest BCUT2D eigenvalue weighted by atomic mass is 10.0. The summed E-state index contributed by atoms with van der Waals surface area (Å²) < 4.78 is 5.21. The van der Waals surface area contributed by atoms with E-state index in [1.54, 1.807) is 6.92 Å². The number of carbonyl (C=O) groups excluding carboxylic acids is 2. The molecule has 0 fully saturated rings. The summed E-state index contributed by atoms with van der Waals surface area (Å²) >= 11 is 0. The minimum atomic E-state index is -0.311. The first-order valence-electron chi connectivity index (χ1n) is 7.25. The highest BCUT2D eigenvalue weighted by Gasteiger charge is 2.21. The van der Waals surface area contributed by atoms with E-state index < -0.39 is 0 Å². The van der Waals surface area contributed by atoms with Gasteiger partial charge in [0.2, 0.25) is 0 Å². The maximum Gasteiger partial charge on any atom is 0.306 e. The van der Waals surface area contributed by atoms with Crippen molar-refractivity contribution in [3.63, 3.8) is 0 Å². The lowest BCUT2D eigenvalue weighted by Gasteiger charge is -2.26. The second-order valence-corrected chi connectivity index (χ2v) is 6.24. The van der Waals surface area contributed by atoms with Crippen LogP contribution in [-0.2, 0) is 20.9 Å². The SMILES string of the molecule is CC(=O)C(CCC(=O)OCc1ccccc1)NC(C)(C)C. The Morgan fingerprint density at radius 1 is 1.19 bits per heavy atom. The minimum absolute atomic E-state index is 0.0424. The van der Waals surface area contributed by atoms with Crippen molar-refractivity contribution in [1.82, 2.24) is 5.32 Å². The molecule has 4 heteroatoms. The zero-order valence-corrected chi connectivity index (χ0v) is 13.3. The van der Waals surface area contributed by atoms with Crippen molar-refractivity contribution in [1.29, 1.82) is 0 Å². The Hall–Kier alpha value is -1.68. The number of ketones is 1. The summed E-state index contributed by atoms with van der Waals surface area (Å²) in [6.07, 6.45) is 0.695. The Balaban J connectivity index is 2.38. The number of hydrogen-bond acceptors (Lipinski definition) is 4. The molecule has 1 atom stereocenters. The van der Waals surface area contributed by atoms with Gasteiger partial charge in [-0.25, -0.2) is 0 Å². The standard InChI is InChI=1S/C17H25NO3/c1-13(19)15(18-17(2,3)4)10-11-16(20)21-12-14-8-6-5-7-9-14/h5-9,15,18H,10-12H2,1-4H3. The summed E-state index contributed by atoms with van der Waals surface area (Å²) in [7, 11) is 0. The third-order valence-corrected chi connectivity index (χ3v) is 2.98. The number of nitrogens with one attached hydrogen (secondary N) is 1. The largest absolute Gasteiger partial charge is 0.461 e. The Bertz CT molecular complexity index is 463. The van der Waals surface area contributed by atoms with Gasteiger partial charge < -0.3 is 10.1 Å². The Morgan fingerprint density at radius 3 is 2.33 bits per heavy atom. The lowest BCUT2D eigenvalue weighted by molar-refractivity contribution is -0.145. The lowest BCUT2D eigenvalue weighted by Crippen LogP contribution is -2.47. The Labute approximate surface area is 126 Å². The van der Waals surface area contributed by atoms with Gasteiger partial charge in [0.1, 0.15) is 12.4 Å². The number of benzene rings is 1. The molecule has 116 valence electrons. The molecule has 0 radical (unpaired) electrons. The molecule has 1 N–H and O–H groups in total. The van der Waals surface area contributed by atoms with E-state index in [9.17, 15) is 9.59 Å². The normalized spacial score (nSPS) is 12.8. The average Bonchev–Trinajstić information content (AvgIpc) is 2.41. The van der Waals surface area contributed by atoms with Gasteiger partial charge in [0.15, 0.2) is 0 Å². The highest BCUT2D eigenvalue weighted by atomic mass is 16.5. The van der Waals surface area contributed by atoms with Gasteiger partial charge in [0.05, 0.1) is 6.04 Å². The molecule has 1 aromatic rings. The van der Waals surface area contributed by atoms with Crippen LogP contribution in [0.25, 0.3) is 0 Å². The van der Waals surface area contributed by atoms with Gasteiger partial charge in [-0.1, -0.05) is 30.3 Å². The van der Waals surface area contributed by atoms with E-state index in [1.807, 2.05) is 51.1 Å². The number of esters is 1. The monoisotopic (exact) mass is 291 g/mol. The van der Waals surface area contributed by atoms with Crippen LogP contribution in [0.2, 0.25) is 0 Å². The molecule has 0 amide bonds. The van der Waals surface area contributed by atoms with Crippen molar-refractivity contribution in [2.75, 3.05) is 0 Å². The molecule has 0 bridgehead atoms. The number of rotatable bonds is 7. The van der Waals surface area contributed by atoms with Gasteiger partial charge in [-0.2, -0.15) is 0 Å². The fourth-order valence-corrected chi connectivity index (χ4v) is 1.97. The van der Waals surface area contributed by atoms with E-state index in [0.717, 1.165) is 5.56 Å². The number of ether oxygens (including phenoxy) is 1. The van der Waals surface area contributed by atoms with Crippen LogP contribution >= 0.6 is 0 Å². The van der Waals surface area contributed by atoms with Gasteiger partial charge in [-0.15, -0.1) is 0 Å². The molecule has 0 aliphatic heterocycles. The van der Waals surface area contributed by atoms with Crippen LogP contribution in [0.15, 0.2) is 30.3 Å². The summed E-state index contributed by atoms with van der Waals surface area (Å²) in [4.78, 5) is 23.3. The molecule has 1 rings (SSSR count). The molecule has 0 aliphatic carbocycles. The molecular weight excluding hydrogens is 266 g/mol. The average molecular weight is 291 g/mol. The second kappa shape index (κ2) is 7.93. The third-order valence-electron chi connectivity index (χ3n) is 2.98. The summed E-state index contributed by atoms with van der Waals surface area (Å²) in [5.41, 5.74) is 0.798. The Kier molecular flexibility index (Phi) is 6.56. The molecule has 0 saturated heterocycles. The van der Waals surface area contributed by atoms with Crippen LogP contribution in [-0.4, -0.2) is 23.3 Å². The van der Waals surface area contributed by atoms with E-state index in [1.165, 1.54) is 0 Å². The van der Waals surface area contributed by atoms with E-state index >= 15 is 0 Å². The molecule has 4 nitrogen and oxygen atoms in total. The first kappa shape index (κ1) is 17.4. The first-order valence-corrected chi connectivity index (χ1v) is 7.25. The fraction of sp³-hybridized carbons (Fsp3) is 0.529. The van der Waals surface area contributed by atoms with Crippen molar-refractivity contribution in [3.05, 3.63) is 35.9 Å². The van der Waals surface area contributed by atoms with Crippen molar-refractivity contribution >= 4 is 11.8 Å². The zero-order valence-electron chi connectivity index (χ0n) is 13.3. The van der Waals surface area contributed by atoms with Gasteiger partial charge in [-0.05, 0) is 39.7 Å². The summed E-state index contributed by atoms with van der Waals surface area (Å²) in [6.45, 7) is 7.81. The van der Waals surface area contributed by atoms with Crippen molar-refractivity contribution in [2.24, 2.45) is 0 Å². The topological polar surface area (TPSA) is 55.4 Å². The van der Waals surface area contributed by atoms with Crippen LogP contribution in [0.3, 0.4) is 0 Å². The molecular formula is C17H25NO3. The third kappa shape index (κ3) is 7.61. The van der Waals surface area contributed by atoms with Crippen molar-refractivity contribution in [2.45, 2.75) is 58.7 Å². The quantitative estimate of drug-likeness (QED) is 0.785. The van der Waals surface area contributed by atoms with Crippen LogP contribution < -0.4 is 5.32 Å². The smallest absolute Gasteiger partial charge is 0.306 e. The van der Waals surface area contributed by atoms with E-state index in [2.05, 4.69) is 5.32 Å². The molecule has 1 aromatic carbocycles. The number of carbonyl (C=O) groups is 2. The number of Topliss-reactive ketones (excluding diaryl/α,β-unsaturated/α-hetero) is 1. The second-order valence-electron chi connectivity index (χ2n) is 6.24. The van der Waals surface area contributed by atoms with Gasteiger partial charge in [0, 0.05) is 12.0 Å². The zero-order chi connectivity index (χ0) is 15.9. The van der Waals surface area contributed by atoms with Crippen molar-refractivity contribution in [3.8, 4) is 0 Å². The van der Waals surface area contributed by atoms with Crippen molar-refractivity contribution < 1.29 is 14.3 Å². The predicted octanol–water partition coefficient (Wildman–Crippen LogP) is 2.86. The highest BCUT2D eigenvalue weighted by molar-refractivity contribution is 5.82. The Morgan fingerprint density at radius 2 is 1.81 bits per heavy atom. The van der Waals surface area contributed by atoms with Crippen LogP contribution in [0, 0.1) is 0 Å². The van der Waals surface area contributed by atoms with E-state index in [-0.39, 0.29) is 36.4 Å². The molecule has 21 heavy (non-hydrogen) atoms. The molecule has 0 saturated carbocycles. The van der Waals surface area contributed by atoms with Gasteiger partial charge in [0.25, 0.3) is 0 Å². The van der Waals surface area contributed by atoms with E-state index in [0.29, 0.717) is 6.42 Å². The van der Waals surface area contributed by atoms with E-state index in [4.69, 9.17) is 4.74 Å². The first-order chi connectivity index (χ1) is 9.78. The predicted molar refractivity (Wildman–Crippen MR) is 82.8 cm³/mol. The maximum absolute atomic E-state index is 11.7. The molecule has 0 heterocycles. The minimum Gasteiger partial charge on any atom is -0.461 e. The molecule has 1 unspecified atom stereocenters. The van der Waals surface area contributed by atoms with Gasteiger partial charge in [-0.3, -0.25) is 9.59 Å². The summed E-state index contributed by atoms with van der Waals surface area (Å²) in [6, 6.07) is 9.24. The molecule has 0 aliphatic rings. The summed E-state index contributed by atoms with van der Waals surface area (Å²) in [5.74, 6) is -0.235. The highest BCUT2D eigenvalue weighted by Crippen LogP contribution is 2.09. The van der Waals surface area contributed by atoms with Crippen LogP contribution in [0.4, 0.5) is 0 Å². The van der Waals surface area contributed by atoms with Gasteiger partial charge >= 0.3 is 5.97 Å². The molecule has 0 spiro atoms. The van der Waals surface area contributed by atoms with Crippen LogP contribution in [0.5, 0.6) is 0 Å². The maximum atomic E-state index is 11.7.